The van der Waals surface area contributed by atoms with E-state index in [1.807, 2.05) is 36.4 Å². The zero-order valence-electron chi connectivity index (χ0n) is 17.6. The first-order valence-electron chi connectivity index (χ1n) is 10.7. The lowest BCUT2D eigenvalue weighted by Gasteiger charge is -2.19. The van der Waals surface area contributed by atoms with Crippen molar-refractivity contribution in [2.24, 2.45) is 0 Å². The Morgan fingerprint density at radius 3 is 2.09 bits per heavy atom. The molecule has 32 heavy (non-hydrogen) atoms. The van der Waals surface area contributed by atoms with Crippen LogP contribution in [0.2, 0.25) is 0 Å². The van der Waals surface area contributed by atoms with Crippen LogP contribution in [0.15, 0.2) is 84.9 Å². The van der Waals surface area contributed by atoms with Gasteiger partial charge in [-0.25, -0.2) is 0 Å². The van der Waals surface area contributed by atoms with Crippen molar-refractivity contribution in [3.63, 3.8) is 0 Å². The maximum Gasteiger partial charge on any atom is 0.254 e. The third kappa shape index (κ3) is 5.03. The lowest BCUT2D eigenvalue weighted by atomic mass is 9.88. The average Bonchev–Trinajstić information content (AvgIpc) is 2.94. The van der Waals surface area contributed by atoms with Crippen molar-refractivity contribution in [1.82, 2.24) is 10.6 Å². The number of rotatable bonds is 7. The number of carbonyl (C=O) groups is 3. The van der Waals surface area contributed by atoms with E-state index in [-0.39, 0.29) is 24.2 Å². The van der Waals surface area contributed by atoms with Crippen LogP contribution in [0, 0.1) is 0 Å². The summed E-state index contributed by atoms with van der Waals surface area (Å²) in [4.78, 5) is 37.5. The Morgan fingerprint density at radius 2 is 1.44 bits per heavy atom. The van der Waals surface area contributed by atoms with Gasteiger partial charge < -0.3 is 16.0 Å². The number of para-hydroxylation sites is 1. The topological polar surface area (TPSA) is 87.3 Å². The number of benzene rings is 3. The molecule has 3 amide bonds. The second-order valence-electron chi connectivity index (χ2n) is 7.78. The number of nitrogens with one attached hydrogen (secondary N) is 3. The Bertz CT molecular complexity index is 1060. The third-order valence-corrected chi connectivity index (χ3v) is 5.60. The van der Waals surface area contributed by atoms with Crippen LogP contribution in [-0.4, -0.2) is 30.3 Å². The molecular weight excluding hydrogens is 402 g/mol. The Balaban J connectivity index is 1.36. The van der Waals surface area contributed by atoms with Gasteiger partial charge in [-0.1, -0.05) is 72.8 Å². The molecule has 0 fully saturated rings. The van der Waals surface area contributed by atoms with E-state index in [4.69, 9.17) is 0 Å². The predicted octanol–water partition coefficient (Wildman–Crippen LogP) is 3.47. The van der Waals surface area contributed by atoms with Crippen molar-refractivity contribution in [1.29, 1.82) is 0 Å². The maximum absolute atomic E-state index is 12.6. The van der Waals surface area contributed by atoms with Crippen LogP contribution in [0.1, 0.15) is 40.2 Å². The summed E-state index contributed by atoms with van der Waals surface area (Å²) in [6.07, 6.45) is 0.599. The fraction of sp³-hybridized carbons (Fsp3) is 0.192. The summed E-state index contributed by atoms with van der Waals surface area (Å²) in [5.41, 5.74) is 3.20. The molecule has 1 aliphatic heterocycles. The Labute approximate surface area is 187 Å². The molecular formula is C26H25N3O3. The monoisotopic (exact) mass is 427 g/mol. The lowest BCUT2D eigenvalue weighted by Crippen LogP contribution is -2.44. The van der Waals surface area contributed by atoms with Gasteiger partial charge in [0.15, 0.2) is 0 Å². The maximum atomic E-state index is 12.6. The van der Waals surface area contributed by atoms with Crippen molar-refractivity contribution in [3.05, 3.63) is 102 Å². The van der Waals surface area contributed by atoms with Crippen LogP contribution >= 0.6 is 0 Å². The largest absolute Gasteiger partial charge is 0.356 e. The summed E-state index contributed by atoms with van der Waals surface area (Å²) in [6, 6.07) is 26.2. The van der Waals surface area contributed by atoms with E-state index < -0.39 is 11.9 Å². The van der Waals surface area contributed by atoms with Crippen LogP contribution in [0.25, 0.3) is 0 Å². The third-order valence-electron chi connectivity index (χ3n) is 5.60. The van der Waals surface area contributed by atoms with Crippen LogP contribution in [0.3, 0.4) is 0 Å². The van der Waals surface area contributed by atoms with Crippen molar-refractivity contribution in [2.45, 2.75) is 24.8 Å². The summed E-state index contributed by atoms with van der Waals surface area (Å²) in [5.74, 6) is -0.903. The normalized spacial score (nSPS) is 15.3. The minimum Gasteiger partial charge on any atom is -0.356 e. The van der Waals surface area contributed by atoms with Crippen LogP contribution < -0.4 is 16.0 Å². The summed E-state index contributed by atoms with van der Waals surface area (Å²) in [6.45, 7) is 0.454. The molecule has 4 rings (SSSR count). The second-order valence-corrected chi connectivity index (χ2v) is 7.78. The molecule has 1 aliphatic rings. The van der Waals surface area contributed by atoms with Crippen LogP contribution in [-0.2, 0) is 9.59 Å². The quantitative estimate of drug-likeness (QED) is 0.540. The van der Waals surface area contributed by atoms with Crippen molar-refractivity contribution >= 4 is 23.4 Å². The summed E-state index contributed by atoms with van der Waals surface area (Å²) in [5, 5.41) is 8.28. The number of amides is 3. The van der Waals surface area contributed by atoms with E-state index in [0.29, 0.717) is 24.2 Å². The minimum atomic E-state index is -0.922. The van der Waals surface area contributed by atoms with Crippen LogP contribution in [0.4, 0.5) is 5.69 Å². The highest BCUT2D eigenvalue weighted by atomic mass is 16.2. The molecule has 6 heteroatoms. The molecule has 0 aliphatic carbocycles. The number of carbonyl (C=O) groups excluding carboxylic acids is 3. The molecule has 0 saturated carbocycles. The molecule has 1 atom stereocenters. The Morgan fingerprint density at radius 1 is 0.844 bits per heavy atom. The molecule has 0 aromatic heterocycles. The SMILES string of the molecule is O=C(C[C@H]1NC(=O)c2ccccc2NC1=O)NCCC(c1ccccc1)c1ccccc1. The van der Waals surface area contributed by atoms with Gasteiger partial charge in [-0.15, -0.1) is 0 Å². The summed E-state index contributed by atoms with van der Waals surface area (Å²) < 4.78 is 0. The van der Waals surface area contributed by atoms with Gasteiger partial charge >= 0.3 is 0 Å². The molecule has 0 saturated heterocycles. The molecule has 0 bridgehead atoms. The number of anilines is 1. The molecule has 3 aromatic carbocycles. The Hall–Kier alpha value is -3.93. The molecule has 0 unspecified atom stereocenters. The first kappa shape index (κ1) is 21.3. The van der Waals surface area contributed by atoms with Crippen molar-refractivity contribution in [2.75, 3.05) is 11.9 Å². The molecule has 0 radical (unpaired) electrons. The van der Waals surface area contributed by atoms with E-state index >= 15 is 0 Å². The lowest BCUT2D eigenvalue weighted by molar-refractivity contribution is -0.125. The van der Waals surface area contributed by atoms with Gasteiger partial charge in [-0.05, 0) is 29.7 Å². The zero-order valence-corrected chi connectivity index (χ0v) is 17.6. The van der Waals surface area contributed by atoms with Gasteiger partial charge in [0.2, 0.25) is 11.8 Å². The van der Waals surface area contributed by atoms with Gasteiger partial charge in [0.05, 0.1) is 17.7 Å². The summed E-state index contributed by atoms with van der Waals surface area (Å²) >= 11 is 0. The molecule has 162 valence electrons. The van der Waals surface area contributed by atoms with E-state index in [1.165, 1.54) is 11.1 Å². The molecule has 3 aromatic rings. The zero-order chi connectivity index (χ0) is 22.3. The van der Waals surface area contributed by atoms with E-state index in [2.05, 4.69) is 40.2 Å². The average molecular weight is 428 g/mol. The fourth-order valence-corrected chi connectivity index (χ4v) is 3.97. The highest BCUT2D eigenvalue weighted by molar-refractivity contribution is 6.10. The summed E-state index contributed by atoms with van der Waals surface area (Å²) in [7, 11) is 0. The van der Waals surface area contributed by atoms with Gasteiger partial charge in [0.1, 0.15) is 6.04 Å². The smallest absolute Gasteiger partial charge is 0.254 e. The number of hydrogen-bond acceptors (Lipinski definition) is 3. The highest BCUT2D eigenvalue weighted by Crippen LogP contribution is 2.27. The van der Waals surface area contributed by atoms with Crippen molar-refractivity contribution in [3.8, 4) is 0 Å². The van der Waals surface area contributed by atoms with Gasteiger partial charge in [0.25, 0.3) is 5.91 Å². The fourth-order valence-electron chi connectivity index (χ4n) is 3.97. The van der Waals surface area contributed by atoms with E-state index in [1.54, 1.807) is 24.3 Å². The second kappa shape index (κ2) is 9.92. The molecule has 3 N–H and O–H groups in total. The standard InChI is InChI=1S/C26H25N3O3/c30-24(17-23-26(32)28-22-14-8-7-13-21(22)25(31)29-23)27-16-15-20(18-9-3-1-4-10-18)19-11-5-2-6-12-19/h1-14,20,23H,15-17H2,(H,27,30)(H,28,32)(H,29,31)/t23-/m1/s1. The highest BCUT2D eigenvalue weighted by Gasteiger charge is 2.29. The minimum absolute atomic E-state index is 0.118. The van der Waals surface area contributed by atoms with Crippen LogP contribution in [0.5, 0.6) is 0 Å². The first-order chi connectivity index (χ1) is 15.6. The van der Waals surface area contributed by atoms with Gasteiger partial charge in [-0.2, -0.15) is 0 Å². The number of hydrogen-bond donors (Lipinski definition) is 3. The predicted molar refractivity (Wildman–Crippen MR) is 123 cm³/mol. The first-order valence-corrected chi connectivity index (χ1v) is 10.7. The number of fused-ring (bicyclic) bond motifs is 1. The van der Waals surface area contributed by atoms with Crippen molar-refractivity contribution < 1.29 is 14.4 Å². The van der Waals surface area contributed by atoms with E-state index in [9.17, 15) is 14.4 Å². The molecule has 0 spiro atoms. The molecule has 1 heterocycles. The molecule has 6 nitrogen and oxygen atoms in total. The van der Waals surface area contributed by atoms with E-state index in [0.717, 1.165) is 0 Å². The van der Waals surface area contributed by atoms with Gasteiger partial charge in [0, 0.05) is 12.5 Å². The Kier molecular flexibility index (Phi) is 6.60. The van der Waals surface area contributed by atoms with Gasteiger partial charge in [-0.3, -0.25) is 14.4 Å².